The molecule has 1 saturated heterocycles. The maximum absolute atomic E-state index is 13.1. The van der Waals surface area contributed by atoms with Crippen molar-refractivity contribution in [1.82, 2.24) is 4.90 Å². The van der Waals surface area contributed by atoms with Gasteiger partial charge in [0, 0.05) is 25.7 Å². The minimum absolute atomic E-state index is 0.150. The number of aliphatic hydroxyl groups excluding tert-OH is 1. The molecule has 0 radical (unpaired) electrons. The van der Waals surface area contributed by atoms with Crippen molar-refractivity contribution in [2.45, 2.75) is 6.10 Å². The molecule has 0 spiro atoms. The highest BCUT2D eigenvalue weighted by molar-refractivity contribution is 5.83. The van der Waals surface area contributed by atoms with Crippen LogP contribution in [0, 0.1) is 0 Å². The zero-order valence-electron chi connectivity index (χ0n) is 18.2. The van der Waals surface area contributed by atoms with Crippen molar-refractivity contribution in [1.29, 1.82) is 0 Å². The van der Waals surface area contributed by atoms with E-state index in [2.05, 4.69) is 4.90 Å². The van der Waals surface area contributed by atoms with E-state index in [-0.39, 0.29) is 12.0 Å². The topological polar surface area (TPSA) is 90.6 Å². The lowest BCUT2D eigenvalue weighted by Gasteiger charge is -2.28. The fourth-order valence-corrected chi connectivity index (χ4v) is 3.73. The molecule has 0 amide bonds. The SMILES string of the molecule is COc1ccc(-c2coc3cc(OCC(O)CN4CCOCC4)ccc3c2=O)cc1OC. The molecule has 1 aromatic heterocycles. The molecule has 4 rings (SSSR count). The number of rotatable bonds is 8. The molecule has 0 aliphatic carbocycles. The first-order valence-electron chi connectivity index (χ1n) is 10.5. The van der Waals surface area contributed by atoms with Gasteiger partial charge in [-0.1, -0.05) is 6.07 Å². The Bertz CT molecular complexity index is 1120. The van der Waals surface area contributed by atoms with Crippen LogP contribution in [0.2, 0.25) is 0 Å². The third-order valence-corrected chi connectivity index (χ3v) is 5.46. The molecule has 32 heavy (non-hydrogen) atoms. The summed E-state index contributed by atoms with van der Waals surface area (Å²) >= 11 is 0. The second-order valence-corrected chi connectivity index (χ2v) is 7.58. The van der Waals surface area contributed by atoms with Crippen molar-refractivity contribution in [3.8, 4) is 28.4 Å². The molecule has 3 aromatic rings. The molecule has 1 fully saturated rings. The van der Waals surface area contributed by atoms with Crippen LogP contribution < -0.4 is 19.6 Å². The van der Waals surface area contributed by atoms with Crippen LogP contribution >= 0.6 is 0 Å². The lowest BCUT2D eigenvalue weighted by atomic mass is 10.0. The van der Waals surface area contributed by atoms with Gasteiger partial charge >= 0.3 is 0 Å². The van der Waals surface area contributed by atoms with Crippen LogP contribution in [0.15, 0.2) is 51.9 Å². The summed E-state index contributed by atoms with van der Waals surface area (Å²) in [4.78, 5) is 15.2. The largest absolute Gasteiger partial charge is 0.493 e. The quantitative estimate of drug-likeness (QED) is 0.570. The number of hydrogen-bond acceptors (Lipinski definition) is 8. The Balaban J connectivity index is 1.49. The molecule has 2 aromatic carbocycles. The van der Waals surface area contributed by atoms with Crippen molar-refractivity contribution >= 4 is 11.0 Å². The van der Waals surface area contributed by atoms with Crippen molar-refractivity contribution in [2.75, 3.05) is 53.7 Å². The molecule has 0 saturated carbocycles. The predicted molar refractivity (Wildman–Crippen MR) is 120 cm³/mol. The van der Waals surface area contributed by atoms with E-state index in [1.807, 2.05) is 0 Å². The summed E-state index contributed by atoms with van der Waals surface area (Å²) in [5.41, 5.74) is 1.36. The van der Waals surface area contributed by atoms with Gasteiger partial charge < -0.3 is 28.5 Å². The predicted octanol–water partition coefficient (Wildman–Crippen LogP) is 2.55. The van der Waals surface area contributed by atoms with E-state index in [9.17, 15) is 9.90 Å². The van der Waals surface area contributed by atoms with Crippen LogP contribution in [0.1, 0.15) is 0 Å². The average Bonchev–Trinajstić information content (AvgIpc) is 2.83. The fourth-order valence-electron chi connectivity index (χ4n) is 3.73. The average molecular weight is 441 g/mol. The van der Waals surface area contributed by atoms with Crippen LogP contribution in [-0.2, 0) is 4.74 Å². The number of benzene rings is 2. The lowest BCUT2D eigenvalue weighted by Crippen LogP contribution is -2.42. The monoisotopic (exact) mass is 441 g/mol. The smallest absolute Gasteiger partial charge is 0.200 e. The van der Waals surface area contributed by atoms with Crippen molar-refractivity contribution in [2.24, 2.45) is 0 Å². The third-order valence-electron chi connectivity index (χ3n) is 5.46. The Morgan fingerprint density at radius 1 is 1.06 bits per heavy atom. The van der Waals surface area contributed by atoms with E-state index in [1.165, 1.54) is 6.26 Å². The summed E-state index contributed by atoms with van der Waals surface area (Å²) in [7, 11) is 3.10. The van der Waals surface area contributed by atoms with Gasteiger partial charge in [0.05, 0.1) is 38.4 Å². The van der Waals surface area contributed by atoms with Gasteiger partial charge in [-0.2, -0.15) is 0 Å². The summed E-state index contributed by atoms with van der Waals surface area (Å²) in [6.45, 7) is 3.66. The standard InChI is InChI=1S/C24H27NO7/c1-28-21-6-3-16(11-23(21)29-2)20-15-32-22-12-18(4-5-19(22)24(20)27)31-14-17(26)13-25-7-9-30-10-8-25/h3-6,11-12,15,17,26H,7-10,13-14H2,1-2H3. The highest BCUT2D eigenvalue weighted by Crippen LogP contribution is 2.32. The second kappa shape index (κ2) is 10.0. The zero-order valence-corrected chi connectivity index (χ0v) is 18.2. The van der Waals surface area contributed by atoms with Gasteiger partial charge in [-0.05, 0) is 29.8 Å². The number of methoxy groups -OCH3 is 2. The Kier molecular flexibility index (Phi) is 6.94. The molecule has 1 aliphatic rings. The van der Waals surface area contributed by atoms with Crippen LogP contribution in [0.5, 0.6) is 17.2 Å². The Morgan fingerprint density at radius 3 is 2.59 bits per heavy atom. The van der Waals surface area contributed by atoms with Crippen LogP contribution in [0.4, 0.5) is 0 Å². The minimum Gasteiger partial charge on any atom is -0.493 e. The number of fused-ring (bicyclic) bond motifs is 1. The van der Waals surface area contributed by atoms with E-state index in [0.29, 0.717) is 59.1 Å². The summed E-state index contributed by atoms with van der Waals surface area (Å²) in [5, 5.41) is 10.7. The molecule has 170 valence electrons. The highest BCUT2D eigenvalue weighted by Gasteiger charge is 2.16. The van der Waals surface area contributed by atoms with Gasteiger partial charge in [-0.3, -0.25) is 9.69 Å². The molecule has 1 N–H and O–H groups in total. The first-order valence-corrected chi connectivity index (χ1v) is 10.5. The molecular formula is C24H27NO7. The third kappa shape index (κ3) is 4.88. The number of ether oxygens (including phenoxy) is 4. The van der Waals surface area contributed by atoms with Gasteiger partial charge in [-0.25, -0.2) is 0 Å². The Hall–Kier alpha value is -3.07. The van der Waals surface area contributed by atoms with E-state index < -0.39 is 6.10 Å². The Labute approximate surface area is 185 Å². The summed E-state index contributed by atoms with van der Waals surface area (Å²) < 4.78 is 27.4. The maximum Gasteiger partial charge on any atom is 0.200 e. The van der Waals surface area contributed by atoms with Gasteiger partial charge in [0.2, 0.25) is 0 Å². The van der Waals surface area contributed by atoms with Crippen LogP contribution in [-0.4, -0.2) is 69.8 Å². The van der Waals surface area contributed by atoms with Gasteiger partial charge in [0.1, 0.15) is 30.3 Å². The fraction of sp³-hybridized carbons (Fsp3) is 0.375. The number of morpholine rings is 1. The molecule has 8 nitrogen and oxygen atoms in total. The maximum atomic E-state index is 13.1. The lowest BCUT2D eigenvalue weighted by molar-refractivity contribution is 0.00466. The first-order chi connectivity index (χ1) is 15.6. The molecule has 0 bridgehead atoms. The van der Waals surface area contributed by atoms with E-state index in [1.54, 1.807) is 50.6 Å². The van der Waals surface area contributed by atoms with E-state index in [0.717, 1.165) is 13.1 Å². The van der Waals surface area contributed by atoms with Crippen LogP contribution in [0.25, 0.3) is 22.1 Å². The first kappa shape index (κ1) is 22.1. The van der Waals surface area contributed by atoms with Crippen molar-refractivity contribution in [3.05, 3.63) is 52.9 Å². The molecule has 8 heteroatoms. The molecule has 1 atom stereocenters. The van der Waals surface area contributed by atoms with Crippen molar-refractivity contribution < 1.29 is 28.5 Å². The number of hydrogen-bond donors (Lipinski definition) is 1. The van der Waals surface area contributed by atoms with E-state index >= 15 is 0 Å². The molecule has 1 aliphatic heterocycles. The summed E-state index contributed by atoms with van der Waals surface area (Å²) in [5.74, 6) is 1.64. The number of aliphatic hydroxyl groups is 1. The second-order valence-electron chi connectivity index (χ2n) is 7.58. The molecule has 2 heterocycles. The molecular weight excluding hydrogens is 414 g/mol. The Morgan fingerprint density at radius 2 is 1.84 bits per heavy atom. The van der Waals surface area contributed by atoms with Crippen molar-refractivity contribution in [3.63, 3.8) is 0 Å². The summed E-state index contributed by atoms with van der Waals surface area (Å²) in [6, 6.07) is 10.3. The van der Waals surface area contributed by atoms with E-state index in [4.69, 9.17) is 23.4 Å². The highest BCUT2D eigenvalue weighted by atomic mass is 16.5. The molecule has 1 unspecified atom stereocenters. The van der Waals surface area contributed by atoms with Crippen LogP contribution in [0.3, 0.4) is 0 Å². The number of β-amino-alcohol motifs (C(OH)–C–C–N with tert-alkyl or cyclic N) is 1. The number of nitrogens with zero attached hydrogens (tertiary/aromatic N) is 1. The van der Waals surface area contributed by atoms with Gasteiger partial charge in [0.15, 0.2) is 16.9 Å². The summed E-state index contributed by atoms with van der Waals surface area (Å²) in [6.07, 6.45) is 0.811. The zero-order chi connectivity index (χ0) is 22.5. The van der Waals surface area contributed by atoms with Gasteiger partial charge in [-0.15, -0.1) is 0 Å². The minimum atomic E-state index is -0.622. The normalized spacial score (nSPS) is 15.5. The van der Waals surface area contributed by atoms with Gasteiger partial charge in [0.25, 0.3) is 0 Å².